The molecule has 0 spiro atoms. The van der Waals surface area contributed by atoms with E-state index < -0.39 is 10.0 Å². The zero-order chi connectivity index (χ0) is 18.6. The van der Waals surface area contributed by atoms with E-state index in [9.17, 15) is 13.2 Å². The minimum Gasteiger partial charge on any atom is -0.319 e. The number of carbonyl (C=O) groups is 1. The number of Topliss-reactive ketones (excluding diaryl/α,β-unsaturated/α-hetero) is 1. The number of nitrogens with zero attached hydrogens (tertiary/aromatic N) is 3. The minimum absolute atomic E-state index is 0.152. The Balaban J connectivity index is 2.42. The second kappa shape index (κ2) is 8.33. The lowest BCUT2D eigenvalue weighted by Crippen LogP contribution is -2.30. The van der Waals surface area contributed by atoms with Gasteiger partial charge < -0.3 is 4.57 Å². The van der Waals surface area contributed by atoms with Gasteiger partial charge in [-0.25, -0.2) is 13.4 Å². The highest BCUT2D eigenvalue weighted by molar-refractivity contribution is 7.99. The molecule has 0 saturated heterocycles. The summed E-state index contributed by atoms with van der Waals surface area (Å²) in [4.78, 5) is 16.0. The molecule has 1 aromatic heterocycles. The highest BCUT2D eigenvalue weighted by Crippen LogP contribution is 2.27. The summed E-state index contributed by atoms with van der Waals surface area (Å²) in [6, 6.07) is 5.11. The molecule has 0 atom stereocenters. The van der Waals surface area contributed by atoms with Gasteiger partial charge in [0.2, 0.25) is 10.0 Å². The summed E-state index contributed by atoms with van der Waals surface area (Å²) in [5, 5.41) is 0.816. The predicted octanol–water partition coefficient (Wildman–Crippen LogP) is 3.16. The second-order valence-electron chi connectivity index (χ2n) is 5.68. The van der Waals surface area contributed by atoms with Crippen LogP contribution >= 0.6 is 11.8 Å². The Hall–Kier alpha value is -1.38. The van der Waals surface area contributed by atoms with Crippen LogP contribution in [0.3, 0.4) is 0 Å². The first kappa shape index (κ1) is 19.9. The molecule has 2 aromatic rings. The fourth-order valence-electron chi connectivity index (χ4n) is 2.66. The average molecular weight is 384 g/mol. The highest BCUT2D eigenvalue weighted by Gasteiger charge is 2.23. The fourth-order valence-corrected chi connectivity index (χ4v) is 5.26. The molecule has 0 fully saturated rings. The first-order chi connectivity index (χ1) is 11.8. The Morgan fingerprint density at radius 1 is 1.24 bits per heavy atom. The molecule has 0 saturated carbocycles. The van der Waals surface area contributed by atoms with Crippen molar-refractivity contribution >= 4 is 38.6 Å². The molecule has 138 valence electrons. The third-order valence-corrected chi connectivity index (χ3v) is 7.05. The maximum Gasteiger partial charge on any atom is 0.243 e. The largest absolute Gasteiger partial charge is 0.319 e. The van der Waals surface area contributed by atoms with E-state index in [1.165, 1.54) is 16.1 Å². The van der Waals surface area contributed by atoms with Gasteiger partial charge >= 0.3 is 0 Å². The molecular formula is C17H25N3O3S2. The van der Waals surface area contributed by atoms with Gasteiger partial charge in [-0.15, -0.1) is 0 Å². The van der Waals surface area contributed by atoms with Crippen LogP contribution in [0.15, 0.2) is 28.3 Å². The molecule has 0 N–H and O–H groups in total. The van der Waals surface area contributed by atoms with Crippen molar-refractivity contribution < 1.29 is 13.2 Å². The normalized spacial score (nSPS) is 12.2. The van der Waals surface area contributed by atoms with E-state index in [0.717, 1.165) is 17.2 Å². The SMILES string of the molecule is CCN(CC)S(=O)(=O)c1ccc2c(c1)nc(SCCC(C)=O)n2CC. The van der Waals surface area contributed by atoms with Gasteiger partial charge in [0, 0.05) is 31.8 Å². The van der Waals surface area contributed by atoms with Crippen LogP contribution in [-0.2, 0) is 21.4 Å². The van der Waals surface area contributed by atoms with Crippen molar-refractivity contribution in [3.05, 3.63) is 18.2 Å². The number of aryl methyl sites for hydroxylation is 1. The number of imidazole rings is 1. The molecular weight excluding hydrogens is 358 g/mol. The lowest BCUT2D eigenvalue weighted by Gasteiger charge is -2.18. The molecule has 0 aliphatic heterocycles. The summed E-state index contributed by atoms with van der Waals surface area (Å²) in [7, 11) is -3.50. The first-order valence-corrected chi connectivity index (χ1v) is 10.9. The van der Waals surface area contributed by atoms with Crippen LogP contribution < -0.4 is 0 Å². The van der Waals surface area contributed by atoms with Crippen LogP contribution in [0.25, 0.3) is 11.0 Å². The molecule has 0 aliphatic rings. The van der Waals surface area contributed by atoms with Crippen molar-refractivity contribution in [2.75, 3.05) is 18.8 Å². The number of ketones is 1. The van der Waals surface area contributed by atoms with Crippen LogP contribution in [0, 0.1) is 0 Å². The van der Waals surface area contributed by atoms with Crippen LogP contribution in [0.2, 0.25) is 0 Å². The Morgan fingerprint density at radius 2 is 1.92 bits per heavy atom. The number of rotatable bonds is 9. The molecule has 0 unspecified atom stereocenters. The van der Waals surface area contributed by atoms with E-state index in [2.05, 4.69) is 4.98 Å². The highest BCUT2D eigenvalue weighted by atomic mass is 32.2. The number of carbonyl (C=O) groups excluding carboxylic acids is 1. The molecule has 0 bridgehead atoms. The van der Waals surface area contributed by atoms with E-state index in [-0.39, 0.29) is 10.7 Å². The standard InChI is InChI=1S/C17H25N3O3S2/c1-5-19(6-2)25(22,23)14-8-9-16-15(12-14)18-17(20(16)7-3)24-11-10-13(4)21/h8-9,12H,5-7,10-11H2,1-4H3. The molecule has 2 rings (SSSR count). The molecule has 0 radical (unpaired) electrons. The number of aromatic nitrogens is 2. The van der Waals surface area contributed by atoms with Crippen LogP contribution in [0.1, 0.15) is 34.1 Å². The molecule has 1 aromatic carbocycles. The molecule has 8 heteroatoms. The van der Waals surface area contributed by atoms with Gasteiger partial charge in [-0.1, -0.05) is 25.6 Å². The number of hydrogen-bond acceptors (Lipinski definition) is 5. The van der Waals surface area contributed by atoms with Gasteiger partial charge in [0.15, 0.2) is 5.16 Å². The van der Waals surface area contributed by atoms with E-state index in [4.69, 9.17) is 0 Å². The summed E-state index contributed by atoms with van der Waals surface area (Å²) in [6.45, 7) is 8.87. The van der Waals surface area contributed by atoms with E-state index in [1.54, 1.807) is 19.1 Å². The number of hydrogen-bond donors (Lipinski definition) is 0. The van der Waals surface area contributed by atoms with Gasteiger partial charge in [-0.2, -0.15) is 4.31 Å². The summed E-state index contributed by atoms with van der Waals surface area (Å²) >= 11 is 1.53. The topological polar surface area (TPSA) is 72.3 Å². The zero-order valence-corrected chi connectivity index (χ0v) is 16.8. The van der Waals surface area contributed by atoms with Gasteiger partial charge in [-0.05, 0) is 32.0 Å². The van der Waals surface area contributed by atoms with Gasteiger partial charge in [0.1, 0.15) is 5.78 Å². The summed E-state index contributed by atoms with van der Waals surface area (Å²) in [5.74, 6) is 0.822. The Kier molecular flexibility index (Phi) is 6.65. The Morgan fingerprint density at radius 3 is 2.48 bits per heavy atom. The Labute approximate surface area is 153 Å². The summed E-state index contributed by atoms with van der Waals surface area (Å²) in [6.07, 6.45) is 0.499. The lowest BCUT2D eigenvalue weighted by molar-refractivity contribution is -0.116. The van der Waals surface area contributed by atoms with E-state index in [0.29, 0.717) is 30.8 Å². The number of thioether (sulfide) groups is 1. The van der Waals surface area contributed by atoms with Crippen molar-refractivity contribution in [2.24, 2.45) is 0 Å². The molecule has 25 heavy (non-hydrogen) atoms. The zero-order valence-electron chi connectivity index (χ0n) is 15.2. The van der Waals surface area contributed by atoms with Crippen molar-refractivity contribution in [1.82, 2.24) is 13.9 Å². The van der Waals surface area contributed by atoms with Crippen LogP contribution in [-0.4, -0.2) is 46.9 Å². The summed E-state index contributed by atoms with van der Waals surface area (Å²) in [5.41, 5.74) is 1.58. The first-order valence-electron chi connectivity index (χ1n) is 8.47. The van der Waals surface area contributed by atoms with Crippen molar-refractivity contribution in [3.8, 4) is 0 Å². The lowest BCUT2D eigenvalue weighted by atomic mass is 10.3. The van der Waals surface area contributed by atoms with Crippen LogP contribution in [0.4, 0.5) is 0 Å². The van der Waals surface area contributed by atoms with Crippen molar-refractivity contribution in [1.29, 1.82) is 0 Å². The Bertz CT molecular complexity index is 855. The maximum atomic E-state index is 12.7. The quantitative estimate of drug-likeness (QED) is 0.622. The summed E-state index contributed by atoms with van der Waals surface area (Å²) < 4.78 is 28.9. The molecule has 0 amide bonds. The van der Waals surface area contributed by atoms with E-state index >= 15 is 0 Å². The smallest absolute Gasteiger partial charge is 0.243 e. The maximum absolute atomic E-state index is 12.7. The van der Waals surface area contributed by atoms with Gasteiger partial charge in [-0.3, -0.25) is 4.79 Å². The molecule has 1 heterocycles. The second-order valence-corrected chi connectivity index (χ2v) is 8.68. The number of benzene rings is 1. The van der Waals surface area contributed by atoms with Crippen molar-refractivity contribution in [3.63, 3.8) is 0 Å². The minimum atomic E-state index is -3.50. The monoisotopic (exact) mass is 383 g/mol. The fraction of sp³-hybridized carbons (Fsp3) is 0.529. The van der Waals surface area contributed by atoms with Gasteiger partial charge in [0.05, 0.1) is 15.9 Å². The van der Waals surface area contributed by atoms with Crippen LogP contribution in [0.5, 0.6) is 0 Å². The van der Waals surface area contributed by atoms with Gasteiger partial charge in [0.25, 0.3) is 0 Å². The number of fused-ring (bicyclic) bond motifs is 1. The molecule has 0 aliphatic carbocycles. The third-order valence-electron chi connectivity index (χ3n) is 4.03. The molecule has 6 nitrogen and oxygen atoms in total. The number of sulfonamides is 1. The van der Waals surface area contributed by atoms with Crippen molar-refractivity contribution in [2.45, 2.75) is 50.7 Å². The predicted molar refractivity (Wildman–Crippen MR) is 102 cm³/mol. The van der Waals surface area contributed by atoms with E-state index in [1.807, 2.05) is 31.4 Å². The third kappa shape index (κ3) is 4.24. The average Bonchev–Trinajstić information content (AvgIpc) is 2.91.